The van der Waals surface area contributed by atoms with Gasteiger partial charge in [-0.15, -0.1) is 0 Å². The fourth-order valence-corrected chi connectivity index (χ4v) is 1.60. The van der Waals surface area contributed by atoms with Gasteiger partial charge in [0.15, 0.2) is 11.5 Å². The highest BCUT2D eigenvalue weighted by Crippen LogP contribution is 2.35. The molecular formula is C13H21NO3. The van der Waals surface area contributed by atoms with Gasteiger partial charge < -0.3 is 20.3 Å². The Hall–Kier alpha value is -1.26. The van der Waals surface area contributed by atoms with Crippen molar-refractivity contribution in [1.82, 2.24) is 0 Å². The Morgan fingerprint density at radius 3 is 2.29 bits per heavy atom. The van der Waals surface area contributed by atoms with Gasteiger partial charge in [-0.1, -0.05) is 19.9 Å². The summed E-state index contributed by atoms with van der Waals surface area (Å²) in [6.07, 6.45) is 0. The number of hydrogen-bond donors (Lipinski definition) is 2. The van der Waals surface area contributed by atoms with Crippen molar-refractivity contribution in [3.05, 3.63) is 23.8 Å². The second kappa shape index (κ2) is 5.38. The van der Waals surface area contributed by atoms with E-state index in [1.165, 1.54) is 0 Å². The second-order valence-corrected chi connectivity index (χ2v) is 4.74. The molecule has 1 atom stereocenters. The molecule has 1 aromatic carbocycles. The SMILES string of the molecule is COc1ccc([C@H](N)C(C)(C)CO)cc1OC. The quantitative estimate of drug-likeness (QED) is 0.821. The Morgan fingerprint density at radius 2 is 1.82 bits per heavy atom. The van der Waals surface area contributed by atoms with Crippen LogP contribution in [-0.2, 0) is 0 Å². The molecule has 0 bridgehead atoms. The average molecular weight is 239 g/mol. The zero-order chi connectivity index (χ0) is 13.1. The van der Waals surface area contributed by atoms with Gasteiger partial charge >= 0.3 is 0 Å². The van der Waals surface area contributed by atoms with Crippen LogP contribution in [0.2, 0.25) is 0 Å². The number of nitrogens with two attached hydrogens (primary N) is 1. The lowest BCUT2D eigenvalue weighted by atomic mass is 9.82. The lowest BCUT2D eigenvalue weighted by Crippen LogP contribution is -2.32. The lowest BCUT2D eigenvalue weighted by Gasteiger charge is -2.30. The summed E-state index contributed by atoms with van der Waals surface area (Å²) >= 11 is 0. The van der Waals surface area contributed by atoms with Crippen LogP contribution in [0, 0.1) is 5.41 Å². The summed E-state index contributed by atoms with van der Waals surface area (Å²) < 4.78 is 10.4. The van der Waals surface area contributed by atoms with E-state index in [1.807, 2.05) is 32.0 Å². The van der Waals surface area contributed by atoms with Crippen molar-refractivity contribution < 1.29 is 14.6 Å². The fourth-order valence-electron chi connectivity index (χ4n) is 1.60. The van der Waals surface area contributed by atoms with Crippen molar-refractivity contribution >= 4 is 0 Å². The van der Waals surface area contributed by atoms with Gasteiger partial charge in [0.1, 0.15) is 0 Å². The summed E-state index contributed by atoms with van der Waals surface area (Å²) in [5, 5.41) is 9.32. The first-order valence-corrected chi connectivity index (χ1v) is 5.54. The Morgan fingerprint density at radius 1 is 1.24 bits per heavy atom. The van der Waals surface area contributed by atoms with Crippen LogP contribution in [0.25, 0.3) is 0 Å². The molecule has 3 N–H and O–H groups in total. The number of aliphatic hydroxyl groups excluding tert-OH is 1. The standard InChI is InChI=1S/C13H21NO3/c1-13(2,8-15)12(14)9-5-6-10(16-3)11(7-9)17-4/h5-7,12,15H,8,14H2,1-4H3/t12-/m0/s1. The zero-order valence-electron chi connectivity index (χ0n) is 10.9. The third-order valence-corrected chi connectivity index (χ3v) is 3.02. The van der Waals surface area contributed by atoms with Crippen LogP contribution < -0.4 is 15.2 Å². The Bertz CT molecular complexity index is 377. The first-order chi connectivity index (χ1) is 7.96. The Labute approximate surface area is 102 Å². The molecule has 0 aliphatic rings. The number of benzene rings is 1. The summed E-state index contributed by atoms with van der Waals surface area (Å²) in [5.74, 6) is 1.32. The summed E-state index contributed by atoms with van der Waals surface area (Å²) in [5.41, 5.74) is 6.68. The molecule has 0 saturated carbocycles. The molecule has 4 nitrogen and oxygen atoms in total. The van der Waals surface area contributed by atoms with Gasteiger partial charge in [-0.25, -0.2) is 0 Å². The predicted molar refractivity (Wildman–Crippen MR) is 67.3 cm³/mol. The largest absolute Gasteiger partial charge is 0.493 e. The van der Waals surface area contributed by atoms with Crippen molar-refractivity contribution in [3.63, 3.8) is 0 Å². The van der Waals surface area contributed by atoms with Crippen molar-refractivity contribution in [3.8, 4) is 11.5 Å². The van der Waals surface area contributed by atoms with Crippen molar-refractivity contribution in [2.24, 2.45) is 11.1 Å². The Balaban J connectivity index is 3.07. The highest BCUT2D eigenvalue weighted by molar-refractivity contribution is 5.44. The highest BCUT2D eigenvalue weighted by Gasteiger charge is 2.27. The van der Waals surface area contributed by atoms with E-state index in [0.717, 1.165) is 5.56 Å². The molecule has 0 spiro atoms. The molecular weight excluding hydrogens is 218 g/mol. The molecule has 0 amide bonds. The molecule has 0 radical (unpaired) electrons. The molecule has 1 rings (SSSR count). The third kappa shape index (κ3) is 2.90. The lowest BCUT2D eigenvalue weighted by molar-refractivity contribution is 0.132. The molecule has 0 heterocycles. The van der Waals surface area contributed by atoms with Crippen LogP contribution in [0.1, 0.15) is 25.5 Å². The zero-order valence-corrected chi connectivity index (χ0v) is 10.9. The van der Waals surface area contributed by atoms with E-state index >= 15 is 0 Å². The first-order valence-electron chi connectivity index (χ1n) is 5.54. The average Bonchev–Trinajstić information content (AvgIpc) is 2.36. The minimum absolute atomic E-state index is 0.0303. The van der Waals surface area contributed by atoms with E-state index < -0.39 is 0 Å². The van der Waals surface area contributed by atoms with E-state index in [4.69, 9.17) is 15.2 Å². The van der Waals surface area contributed by atoms with Crippen LogP contribution in [0.5, 0.6) is 11.5 Å². The predicted octanol–water partition coefficient (Wildman–Crippen LogP) is 1.72. The Kier molecular flexibility index (Phi) is 4.37. The smallest absolute Gasteiger partial charge is 0.161 e. The maximum Gasteiger partial charge on any atom is 0.161 e. The normalized spacial score (nSPS) is 13.3. The topological polar surface area (TPSA) is 64.7 Å². The molecule has 0 aromatic heterocycles. The van der Waals surface area contributed by atoms with Gasteiger partial charge in [0.2, 0.25) is 0 Å². The van der Waals surface area contributed by atoms with Crippen LogP contribution in [0.15, 0.2) is 18.2 Å². The van der Waals surface area contributed by atoms with Gasteiger partial charge in [-0.3, -0.25) is 0 Å². The van der Waals surface area contributed by atoms with E-state index in [0.29, 0.717) is 11.5 Å². The van der Waals surface area contributed by atoms with Crippen LogP contribution in [0.3, 0.4) is 0 Å². The number of rotatable bonds is 5. The molecule has 0 fully saturated rings. The molecule has 0 aliphatic heterocycles. The summed E-state index contributed by atoms with van der Waals surface area (Å²) in [6.45, 7) is 3.88. The second-order valence-electron chi connectivity index (χ2n) is 4.74. The summed E-state index contributed by atoms with van der Waals surface area (Å²) in [7, 11) is 3.18. The fraction of sp³-hybridized carbons (Fsp3) is 0.538. The molecule has 0 saturated heterocycles. The minimum atomic E-state index is -0.375. The first kappa shape index (κ1) is 13.8. The van der Waals surface area contributed by atoms with Crippen molar-refractivity contribution in [2.75, 3.05) is 20.8 Å². The van der Waals surface area contributed by atoms with Gasteiger partial charge in [0, 0.05) is 18.1 Å². The highest BCUT2D eigenvalue weighted by atomic mass is 16.5. The molecule has 96 valence electrons. The van der Waals surface area contributed by atoms with E-state index in [-0.39, 0.29) is 18.1 Å². The molecule has 0 unspecified atom stereocenters. The van der Waals surface area contributed by atoms with E-state index in [2.05, 4.69) is 0 Å². The maximum absolute atomic E-state index is 9.32. The van der Waals surface area contributed by atoms with Crippen molar-refractivity contribution in [1.29, 1.82) is 0 Å². The molecule has 17 heavy (non-hydrogen) atoms. The monoisotopic (exact) mass is 239 g/mol. The van der Waals surface area contributed by atoms with Crippen LogP contribution in [-0.4, -0.2) is 25.9 Å². The summed E-state index contributed by atoms with van der Waals surface area (Å²) in [6, 6.07) is 5.30. The number of aliphatic hydroxyl groups is 1. The van der Waals surface area contributed by atoms with Gasteiger partial charge in [0.25, 0.3) is 0 Å². The number of hydrogen-bond acceptors (Lipinski definition) is 4. The maximum atomic E-state index is 9.32. The number of ether oxygens (including phenoxy) is 2. The molecule has 0 aliphatic carbocycles. The van der Waals surface area contributed by atoms with Gasteiger partial charge in [0.05, 0.1) is 14.2 Å². The van der Waals surface area contributed by atoms with E-state index in [9.17, 15) is 5.11 Å². The van der Waals surface area contributed by atoms with Gasteiger partial charge in [-0.2, -0.15) is 0 Å². The summed E-state index contributed by atoms with van der Waals surface area (Å²) in [4.78, 5) is 0. The third-order valence-electron chi connectivity index (χ3n) is 3.02. The van der Waals surface area contributed by atoms with Crippen LogP contribution >= 0.6 is 0 Å². The molecule has 4 heteroatoms. The number of methoxy groups -OCH3 is 2. The van der Waals surface area contributed by atoms with Crippen LogP contribution in [0.4, 0.5) is 0 Å². The van der Waals surface area contributed by atoms with E-state index in [1.54, 1.807) is 14.2 Å². The molecule has 1 aromatic rings. The minimum Gasteiger partial charge on any atom is -0.493 e. The van der Waals surface area contributed by atoms with Crippen molar-refractivity contribution in [2.45, 2.75) is 19.9 Å². The van der Waals surface area contributed by atoms with Gasteiger partial charge in [-0.05, 0) is 17.7 Å².